The van der Waals surface area contributed by atoms with Crippen LogP contribution in [0.1, 0.15) is 21.5 Å². The molecule has 5 nitrogen and oxygen atoms in total. The average Bonchev–Trinajstić information content (AvgIpc) is 2.79. The molecule has 4 aromatic rings. The van der Waals surface area contributed by atoms with E-state index in [1.54, 1.807) is 12.1 Å². The molecule has 4 aromatic carbocycles. The lowest BCUT2D eigenvalue weighted by Crippen LogP contribution is -2.17. The normalized spacial score (nSPS) is 11.0. The van der Waals surface area contributed by atoms with Crippen molar-refractivity contribution in [2.24, 2.45) is 5.10 Å². The zero-order chi connectivity index (χ0) is 21.6. The maximum Gasteiger partial charge on any atom is 0.275 e. The van der Waals surface area contributed by atoms with E-state index >= 15 is 0 Å². The van der Waals surface area contributed by atoms with E-state index in [4.69, 9.17) is 4.74 Å². The molecule has 154 valence electrons. The summed E-state index contributed by atoms with van der Waals surface area (Å²) in [6.45, 7) is 0.412. The number of carbonyl (C=O) groups is 1. The molecule has 0 aromatic heterocycles. The van der Waals surface area contributed by atoms with Gasteiger partial charge in [-0.05, 0) is 52.7 Å². The number of nitrogens with one attached hydrogen (secondary N) is 1. The van der Waals surface area contributed by atoms with E-state index in [0.29, 0.717) is 12.4 Å². The summed E-state index contributed by atoms with van der Waals surface area (Å²) in [5, 5.41) is 16.0. The third-order valence-corrected chi connectivity index (χ3v) is 5.23. The minimum atomic E-state index is -0.493. The van der Waals surface area contributed by atoms with Crippen molar-refractivity contribution in [1.29, 1.82) is 0 Å². The predicted octanol–water partition coefficient (Wildman–Crippen LogP) is 5.65. The van der Waals surface area contributed by atoms with E-state index in [0.717, 1.165) is 26.4 Å². The Labute approximate surface area is 188 Å². The molecule has 0 atom stereocenters. The molecule has 4 rings (SSSR count). The molecule has 0 heterocycles. The van der Waals surface area contributed by atoms with Crippen LogP contribution in [0.4, 0.5) is 0 Å². The number of amides is 1. The molecule has 0 bridgehead atoms. The van der Waals surface area contributed by atoms with Crippen molar-refractivity contribution in [3.05, 3.63) is 106 Å². The van der Waals surface area contributed by atoms with Crippen LogP contribution in [0.5, 0.6) is 11.5 Å². The quantitative estimate of drug-likeness (QED) is 0.280. The van der Waals surface area contributed by atoms with Gasteiger partial charge in [0.15, 0.2) is 0 Å². The lowest BCUT2D eigenvalue weighted by atomic mass is 10.1. The molecule has 0 saturated heterocycles. The average molecular weight is 475 g/mol. The van der Waals surface area contributed by atoms with E-state index in [2.05, 4.69) is 26.5 Å². The molecule has 0 fully saturated rings. The fourth-order valence-corrected chi connectivity index (χ4v) is 3.36. The Kier molecular flexibility index (Phi) is 6.29. The number of para-hydroxylation sites is 1. The highest BCUT2D eigenvalue weighted by Gasteiger charge is 2.12. The van der Waals surface area contributed by atoms with Crippen LogP contribution in [-0.2, 0) is 6.61 Å². The number of phenols is 1. The number of halogens is 1. The number of benzene rings is 4. The van der Waals surface area contributed by atoms with E-state index in [-0.39, 0.29) is 11.3 Å². The largest absolute Gasteiger partial charge is 0.507 e. The van der Waals surface area contributed by atoms with E-state index in [1.807, 2.05) is 72.8 Å². The van der Waals surface area contributed by atoms with E-state index < -0.39 is 5.91 Å². The van der Waals surface area contributed by atoms with Crippen LogP contribution in [0.3, 0.4) is 0 Å². The predicted molar refractivity (Wildman–Crippen MR) is 126 cm³/mol. The minimum Gasteiger partial charge on any atom is -0.507 e. The van der Waals surface area contributed by atoms with Gasteiger partial charge in [0.1, 0.15) is 18.1 Å². The molecule has 0 aliphatic carbocycles. The summed E-state index contributed by atoms with van der Waals surface area (Å²) in [7, 11) is 0. The number of nitrogens with zero attached hydrogens (tertiary/aromatic N) is 1. The van der Waals surface area contributed by atoms with E-state index in [1.165, 1.54) is 6.21 Å². The van der Waals surface area contributed by atoms with Gasteiger partial charge in [-0.1, -0.05) is 64.5 Å². The number of ether oxygens (including phenoxy) is 1. The third-order valence-electron chi connectivity index (χ3n) is 4.70. The van der Waals surface area contributed by atoms with Gasteiger partial charge in [0.05, 0.1) is 11.8 Å². The number of hydrogen-bond acceptors (Lipinski definition) is 4. The number of hydrazone groups is 1. The SMILES string of the molecule is O=C(N/N=C/c1ccccc1OCc1ccc(Br)cc1)c1cc2ccccc2cc1O. The molecule has 31 heavy (non-hydrogen) atoms. The van der Waals surface area contributed by atoms with Crippen molar-refractivity contribution in [3.63, 3.8) is 0 Å². The van der Waals surface area contributed by atoms with Gasteiger partial charge in [0.2, 0.25) is 0 Å². The summed E-state index contributed by atoms with van der Waals surface area (Å²) in [6.07, 6.45) is 1.52. The summed E-state index contributed by atoms with van der Waals surface area (Å²) >= 11 is 3.42. The molecule has 0 saturated carbocycles. The second-order valence-corrected chi connectivity index (χ2v) is 7.78. The monoisotopic (exact) mass is 474 g/mol. The highest BCUT2D eigenvalue weighted by atomic mass is 79.9. The fraction of sp³-hybridized carbons (Fsp3) is 0.0400. The first-order valence-electron chi connectivity index (χ1n) is 9.61. The summed E-state index contributed by atoms with van der Waals surface area (Å²) in [4.78, 5) is 12.5. The number of phenolic OH excluding ortho intramolecular Hbond substituents is 1. The maximum atomic E-state index is 12.5. The van der Waals surface area contributed by atoms with Crippen molar-refractivity contribution < 1.29 is 14.6 Å². The van der Waals surface area contributed by atoms with Crippen molar-refractivity contribution in [1.82, 2.24) is 5.43 Å². The van der Waals surface area contributed by atoms with Gasteiger partial charge < -0.3 is 9.84 Å². The molecular weight excluding hydrogens is 456 g/mol. The molecule has 1 amide bonds. The van der Waals surface area contributed by atoms with E-state index in [9.17, 15) is 9.90 Å². The highest BCUT2D eigenvalue weighted by molar-refractivity contribution is 9.10. The molecule has 2 N–H and O–H groups in total. The Morgan fingerprint density at radius 3 is 2.42 bits per heavy atom. The molecule has 0 spiro atoms. The molecular formula is C25H19BrN2O3. The van der Waals surface area contributed by atoms with Crippen LogP contribution in [0, 0.1) is 0 Å². The van der Waals surface area contributed by atoms with Crippen molar-refractivity contribution >= 4 is 38.8 Å². The highest BCUT2D eigenvalue weighted by Crippen LogP contribution is 2.25. The zero-order valence-corrected chi connectivity index (χ0v) is 18.0. The molecule has 0 unspecified atom stereocenters. The van der Waals surface area contributed by atoms with Crippen molar-refractivity contribution in [2.45, 2.75) is 6.61 Å². The molecule has 0 aliphatic heterocycles. The number of fused-ring (bicyclic) bond motifs is 1. The van der Waals surface area contributed by atoms with Crippen LogP contribution in [0.2, 0.25) is 0 Å². The van der Waals surface area contributed by atoms with Gasteiger partial charge >= 0.3 is 0 Å². The fourth-order valence-electron chi connectivity index (χ4n) is 3.09. The molecule has 0 aliphatic rings. The summed E-state index contributed by atoms with van der Waals surface area (Å²) in [5.41, 5.74) is 4.39. The van der Waals surface area contributed by atoms with Gasteiger partial charge in [0.25, 0.3) is 5.91 Å². The van der Waals surface area contributed by atoms with Gasteiger partial charge in [-0.3, -0.25) is 4.79 Å². The van der Waals surface area contributed by atoms with Crippen molar-refractivity contribution in [3.8, 4) is 11.5 Å². The Morgan fingerprint density at radius 2 is 1.65 bits per heavy atom. The minimum absolute atomic E-state index is 0.0929. The smallest absolute Gasteiger partial charge is 0.275 e. The number of hydrogen-bond donors (Lipinski definition) is 2. The topological polar surface area (TPSA) is 70.9 Å². The Bertz CT molecular complexity index is 1250. The van der Waals surface area contributed by atoms with Gasteiger partial charge in [-0.2, -0.15) is 5.10 Å². The number of aromatic hydroxyl groups is 1. The number of carbonyl (C=O) groups excluding carboxylic acids is 1. The summed E-state index contributed by atoms with van der Waals surface area (Å²) in [5.74, 6) is 0.0642. The Hall–Kier alpha value is -3.64. The Morgan fingerprint density at radius 1 is 0.968 bits per heavy atom. The zero-order valence-electron chi connectivity index (χ0n) is 16.5. The first kappa shape index (κ1) is 20.6. The van der Waals surface area contributed by atoms with Crippen molar-refractivity contribution in [2.75, 3.05) is 0 Å². The van der Waals surface area contributed by atoms with Gasteiger partial charge in [0, 0.05) is 10.0 Å². The number of rotatable bonds is 6. The first-order valence-corrected chi connectivity index (χ1v) is 10.4. The van der Waals surface area contributed by atoms with Crippen LogP contribution in [-0.4, -0.2) is 17.2 Å². The second-order valence-electron chi connectivity index (χ2n) is 6.87. The third kappa shape index (κ3) is 5.10. The molecule has 6 heteroatoms. The van der Waals surface area contributed by atoms with Gasteiger partial charge in [-0.15, -0.1) is 0 Å². The lowest BCUT2D eigenvalue weighted by molar-refractivity contribution is 0.0952. The van der Waals surface area contributed by atoms with Crippen LogP contribution < -0.4 is 10.2 Å². The first-order chi connectivity index (χ1) is 15.1. The second kappa shape index (κ2) is 9.45. The summed E-state index contributed by atoms with van der Waals surface area (Å²) in [6, 6.07) is 26.0. The van der Waals surface area contributed by atoms with Crippen LogP contribution in [0.25, 0.3) is 10.8 Å². The standard InChI is InChI=1S/C25H19BrN2O3/c26-21-11-9-17(10-12-21)16-31-24-8-4-3-7-20(24)15-27-28-25(30)22-13-18-5-1-2-6-19(18)14-23(22)29/h1-15,29H,16H2,(H,28,30)/b27-15+. The summed E-state index contributed by atoms with van der Waals surface area (Å²) < 4.78 is 6.92. The van der Waals surface area contributed by atoms with Crippen LogP contribution >= 0.6 is 15.9 Å². The molecule has 0 radical (unpaired) electrons. The lowest BCUT2D eigenvalue weighted by Gasteiger charge is -2.09. The maximum absolute atomic E-state index is 12.5. The van der Waals surface area contributed by atoms with Crippen LogP contribution in [0.15, 0.2) is 94.5 Å². The Balaban J connectivity index is 1.45. The van der Waals surface area contributed by atoms with Gasteiger partial charge in [-0.25, -0.2) is 5.43 Å².